The first-order chi connectivity index (χ1) is 13.0. The van der Waals surface area contributed by atoms with E-state index in [-0.39, 0.29) is 5.82 Å². The molecule has 2 aromatic rings. The Balaban J connectivity index is 1.58. The molecule has 4 rings (SSSR count). The minimum Gasteiger partial charge on any atom is -0.334 e. The normalized spacial score (nSPS) is 17.0. The molecule has 0 aliphatic carbocycles. The van der Waals surface area contributed by atoms with E-state index in [0.717, 1.165) is 35.9 Å². The van der Waals surface area contributed by atoms with Crippen molar-refractivity contribution in [3.63, 3.8) is 0 Å². The van der Waals surface area contributed by atoms with Crippen LogP contribution in [0.3, 0.4) is 0 Å². The molecule has 3 heterocycles. The fourth-order valence-electron chi connectivity index (χ4n) is 3.31. The first-order valence-electron chi connectivity index (χ1n) is 8.89. The van der Waals surface area contributed by atoms with Crippen molar-refractivity contribution in [2.75, 3.05) is 38.5 Å². The lowest BCUT2D eigenvalue weighted by Crippen LogP contribution is -3.12. The van der Waals surface area contributed by atoms with Crippen LogP contribution in [0, 0.1) is 5.82 Å². The van der Waals surface area contributed by atoms with Gasteiger partial charge in [0.25, 0.3) is 0 Å². The number of rotatable bonds is 2. The molecule has 7 nitrogen and oxygen atoms in total. The predicted octanol–water partition coefficient (Wildman–Crippen LogP) is 0.0536. The quantitative estimate of drug-likeness (QED) is 0.711. The smallest absolute Gasteiger partial charge is 0.315 e. The molecule has 2 amide bonds. The van der Waals surface area contributed by atoms with Gasteiger partial charge < -0.3 is 15.1 Å². The molecule has 142 valence electrons. The standard InChI is InChI=1S/C18H20FN5O2S/c1-22-6-8-23(9-7-22)18(26)17(25)20-16-14-10-27-11-15(14)21-24(16)13-4-2-12(19)3-5-13/h2-5H,6-11H2,1H3,(H,20,25)/p+1. The van der Waals surface area contributed by atoms with Gasteiger partial charge in [0.2, 0.25) is 0 Å². The molecule has 9 heteroatoms. The fraction of sp³-hybridized carbons (Fsp3) is 0.389. The van der Waals surface area contributed by atoms with Crippen molar-refractivity contribution in [1.82, 2.24) is 14.7 Å². The van der Waals surface area contributed by atoms with Gasteiger partial charge in [-0.3, -0.25) is 9.59 Å². The monoisotopic (exact) mass is 390 g/mol. The third kappa shape index (κ3) is 3.57. The first kappa shape index (κ1) is 18.0. The number of anilines is 1. The minimum absolute atomic E-state index is 0.341. The van der Waals surface area contributed by atoms with E-state index in [0.29, 0.717) is 24.6 Å². The Kier molecular flexibility index (Phi) is 4.88. The molecule has 1 fully saturated rings. The van der Waals surface area contributed by atoms with Gasteiger partial charge in [-0.1, -0.05) is 0 Å². The number of carbonyl (C=O) groups is 2. The van der Waals surface area contributed by atoms with Gasteiger partial charge in [-0.15, -0.1) is 0 Å². The summed E-state index contributed by atoms with van der Waals surface area (Å²) in [7, 11) is 2.07. The maximum atomic E-state index is 13.3. The summed E-state index contributed by atoms with van der Waals surface area (Å²) in [6.07, 6.45) is 0. The number of aromatic nitrogens is 2. The number of hydrogen-bond acceptors (Lipinski definition) is 4. The van der Waals surface area contributed by atoms with Gasteiger partial charge in [-0.2, -0.15) is 16.9 Å². The number of amides is 2. The fourth-order valence-corrected chi connectivity index (χ4v) is 4.34. The number of fused-ring (bicyclic) bond motifs is 1. The highest BCUT2D eigenvalue weighted by molar-refractivity contribution is 7.98. The number of quaternary nitrogens is 1. The lowest BCUT2D eigenvalue weighted by Gasteiger charge is -2.29. The molecular weight excluding hydrogens is 369 g/mol. The Labute approximate surface area is 160 Å². The Morgan fingerprint density at radius 2 is 1.89 bits per heavy atom. The number of benzene rings is 1. The number of nitrogens with zero attached hydrogens (tertiary/aromatic N) is 3. The van der Waals surface area contributed by atoms with Crippen molar-refractivity contribution in [3.8, 4) is 5.69 Å². The van der Waals surface area contributed by atoms with E-state index in [4.69, 9.17) is 0 Å². The molecule has 2 aliphatic rings. The Morgan fingerprint density at radius 3 is 2.59 bits per heavy atom. The van der Waals surface area contributed by atoms with Crippen LogP contribution in [0.15, 0.2) is 24.3 Å². The minimum atomic E-state index is -0.655. The van der Waals surface area contributed by atoms with E-state index in [2.05, 4.69) is 17.5 Å². The first-order valence-corrected chi connectivity index (χ1v) is 10.0. The number of nitrogens with one attached hydrogen (secondary N) is 2. The highest BCUT2D eigenvalue weighted by atomic mass is 32.2. The van der Waals surface area contributed by atoms with Gasteiger partial charge in [0.1, 0.15) is 11.6 Å². The SMILES string of the molecule is C[NH+]1CCN(C(=O)C(=O)Nc2c3c(nn2-c2ccc(F)cc2)CSC3)CC1. The van der Waals surface area contributed by atoms with Crippen LogP contribution < -0.4 is 10.2 Å². The number of halogens is 1. The summed E-state index contributed by atoms with van der Waals surface area (Å²) < 4.78 is 14.8. The number of likely N-dealkylation sites (N-methyl/N-ethyl adjacent to an activating group) is 1. The van der Waals surface area contributed by atoms with E-state index in [1.54, 1.807) is 33.5 Å². The Hall–Kier alpha value is -2.39. The van der Waals surface area contributed by atoms with Crippen molar-refractivity contribution < 1.29 is 18.9 Å². The summed E-state index contributed by atoms with van der Waals surface area (Å²) in [5, 5.41) is 7.32. The molecule has 0 unspecified atom stereocenters. The van der Waals surface area contributed by atoms with Gasteiger partial charge in [0.05, 0.1) is 44.6 Å². The largest absolute Gasteiger partial charge is 0.334 e. The summed E-state index contributed by atoms with van der Waals surface area (Å²) in [4.78, 5) is 28.1. The average Bonchev–Trinajstić information content (AvgIpc) is 3.25. The van der Waals surface area contributed by atoms with Gasteiger partial charge in [-0.25, -0.2) is 9.07 Å². The molecule has 1 aromatic heterocycles. The van der Waals surface area contributed by atoms with Crippen LogP contribution in [0.2, 0.25) is 0 Å². The summed E-state index contributed by atoms with van der Waals surface area (Å²) in [6, 6.07) is 5.90. The number of piperazine rings is 1. The maximum absolute atomic E-state index is 13.3. The van der Waals surface area contributed by atoms with Crippen LogP contribution in [-0.2, 0) is 21.1 Å². The number of hydrogen-bond donors (Lipinski definition) is 2. The summed E-state index contributed by atoms with van der Waals surface area (Å²) in [5.74, 6) is 0.456. The van der Waals surface area contributed by atoms with Crippen LogP contribution in [0.5, 0.6) is 0 Å². The van der Waals surface area contributed by atoms with E-state index in [1.165, 1.54) is 17.0 Å². The zero-order valence-corrected chi connectivity index (χ0v) is 15.8. The molecule has 27 heavy (non-hydrogen) atoms. The zero-order valence-electron chi connectivity index (χ0n) is 15.0. The van der Waals surface area contributed by atoms with Gasteiger partial charge in [0, 0.05) is 17.1 Å². The van der Waals surface area contributed by atoms with Gasteiger partial charge in [-0.05, 0) is 24.3 Å². The third-order valence-corrected chi connectivity index (χ3v) is 5.92. The molecule has 2 N–H and O–H groups in total. The Morgan fingerprint density at radius 1 is 1.19 bits per heavy atom. The lowest BCUT2D eigenvalue weighted by atomic mass is 10.2. The van der Waals surface area contributed by atoms with Crippen LogP contribution in [0.1, 0.15) is 11.3 Å². The summed E-state index contributed by atoms with van der Waals surface area (Å²) in [6.45, 7) is 2.81. The van der Waals surface area contributed by atoms with Crippen LogP contribution >= 0.6 is 11.8 Å². The van der Waals surface area contributed by atoms with E-state index in [1.807, 2.05) is 0 Å². The van der Waals surface area contributed by atoms with Gasteiger partial charge >= 0.3 is 11.8 Å². The van der Waals surface area contributed by atoms with Crippen LogP contribution in [0.25, 0.3) is 5.69 Å². The van der Waals surface area contributed by atoms with Crippen molar-refractivity contribution in [2.24, 2.45) is 0 Å². The molecule has 2 aliphatic heterocycles. The van der Waals surface area contributed by atoms with Crippen molar-refractivity contribution >= 4 is 29.4 Å². The van der Waals surface area contributed by atoms with Gasteiger partial charge in [0.15, 0.2) is 0 Å². The number of carbonyl (C=O) groups excluding carboxylic acids is 2. The van der Waals surface area contributed by atoms with Crippen molar-refractivity contribution in [1.29, 1.82) is 0 Å². The van der Waals surface area contributed by atoms with E-state index in [9.17, 15) is 14.0 Å². The van der Waals surface area contributed by atoms with E-state index >= 15 is 0 Å². The molecule has 0 atom stereocenters. The third-order valence-electron chi connectivity index (χ3n) is 4.95. The molecular formula is C18H21FN5O2S+. The highest BCUT2D eigenvalue weighted by Crippen LogP contribution is 2.36. The van der Waals surface area contributed by atoms with Crippen molar-refractivity contribution in [2.45, 2.75) is 11.5 Å². The second-order valence-electron chi connectivity index (χ2n) is 6.86. The summed E-state index contributed by atoms with van der Waals surface area (Å²) >= 11 is 1.71. The molecule has 0 radical (unpaired) electrons. The molecule has 1 aromatic carbocycles. The second-order valence-corrected chi connectivity index (χ2v) is 7.84. The Bertz CT molecular complexity index is 875. The topological polar surface area (TPSA) is 71.7 Å². The lowest BCUT2D eigenvalue weighted by molar-refractivity contribution is -0.883. The molecule has 0 spiro atoms. The molecule has 0 bridgehead atoms. The van der Waals surface area contributed by atoms with Crippen molar-refractivity contribution in [3.05, 3.63) is 41.3 Å². The molecule has 1 saturated heterocycles. The van der Waals surface area contributed by atoms with Crippen LogP contribution in [-0.4, -0.2) is 59.7 Å². The average molecular weight is 390 g/mol. The second kappa shape index (κ2) is 7.32. The zero-order chi connectivity index (χ0) is 19.0. The maximum Gasteiger partial charge on any atom is 0.315 e. The molecule has 0 saturated carbocycles. The predicted molar refractivity (Wildman–Crippen MR) is 100 cm³/mol. The summed E-state index contributed by atoms with van der Waals surface area (Å²) in [5.41, 5.74) is 2.45. The van der Waals surface area contributed by atoms with Crippen LogP contribution in [0.4, 0.5) is 10.2 Å². The van der Waals surface area contributed by atoms with E-state index < -0.39 is 11.8 Å². The highest BCUT2D eigenvalue weighted by Gasteiger charge is 2.30. The number of thioether (sulfide) groups is 1.